The van der Waals surface area contributed by atoms with E-state index in [1.807, 2.05) is 0 Å². The highest BCUT2D eigenvalue weighted by molar-refractivity contribution is 6.07. The van der Waals surface area contributed by atoms with Gasteiger partial charge < -0.3 is 10.1 Å². The molecule has 2 aliphatic rings. The minimum Gasteiger partial charge on any atom is -0.496 e. The molecule has 27 heavy (non-hydrogen) atoms. The zero-order chi connectivity index (χ0) is 20.0. The Kier molecular flexibility index (Phi) is 4.78. The van der Waals surface area contributed by atoms with E-state index >= 15 is 0 Å². The minimum atomic E-state index is -0.830. The van der Waals surface area contributed by atoms with Crippen molar-refractivity contribution in [3.05, 3.63) is 29.3 Å². The average Bonchev–Trinajstić information content (AvgIpc) is 2.76. The van der Waals surface area contributed by atoms with E-state index in [2.05, 4.69) is 26.1 Å². The number of carbonyl (C=O) groups excluding carboxylic acids is 3. The fourth-order valence-corrected chi connectivity index (χ4v) is 4.94. The first-order valence-electron chi connectivity index (χ1n) is 9.39. The molecule has 6 nitrogen and oxygen atoms in total. The Morgan fingerprint density at radius 2 is 2.00 bits per heavy atom. The Morgan fingerprint density at radius 3 is 2.59 bits per heavy atom. The van der Waals surface area contributed by atoms with Crippen molar-refractivity contribution in [2.75, 3.05) is 7.11 Å². The van der Waals surface area contributed by atoms with Crippen LogP contribution < -0.4 is 10.1 Å². The van der Waals surface area contributed by atoms with Crippen molar-refractivity contribution in [2.24, 2.45) is 11.3 Å². The molecule has 1 saturated heterocycles. The van der Waals surface area contributed by atoms with Crippen LogP contribution in [0, 0.1) is 11.3 Å². The summed E-state index contributed by atoms with van der Waals surface area (Å²) in [5.74, 6) is 0.658. The summed E-state index contributed by atoms with van der Waals surface area (Å²) in [6, 6.07) is 4.70. The van der Waals surface area contributed by atoms with Gasteiger partial charge >= 0.3 is 6.03 Å². The topological polar surface area (TPSA) is 75.7 Å². The molecule has 0 aromatic heterocycles. The number of methoxy groups -OCH3 is 1. The number of Topliss-reactive ketones (excluding diaryl/α,β-unsaturated/α-hetero) is 1. The molecule has 2 fully saturated rings. The molecule has 0 radical (unpaired) electrons. The summed E-state index contributed by atoms with van der Waals surface area (Å²) in [5.41, 5.74) is 0.334. The second-order valence-electron chi connectivity index (χ2n) is 8.84. The first kappa shape index (κ1) is 19.4. The first-order valence-corrected chi connectivity index (χ1v) is 9.39. The van der Waals surface area contributed by atoms with Crippen LogP contribution in [-0.4, -0.2) is 35.3 Å². The molecule has 1 saturated carbocycles. The predicted octanol–water partition coefficient (Wildman–Crippen LogP) is 3.53. The third kappa shape index (κ3) is 3.57. The van der Waals surface area contributed by atoms with Gasteiger partial charge in [-0.3, -0.25) is 14.5 Å². The molecular weight excluding hydrogens is 344 g/mol. The van der Waals surface area contributed by atoms with Gasteiger partial charge in [-0.05, 0) is 55.7 Å². The van der Waals surface area contributed by atoms with Crippen LogP contribution in [0.25, 0.3) is 0 Å². The highest BCUT2D eigenvalue weighted by Gasteiger charge is 2.56. The van der Waals surface area contributed by atoms with E-state index in [1.54, 1.807) is 18.2 Å². The standard InChI is InChI=1S/C21H28N2O4/c1-13-9-20(3,4)12-21(10-13)18(25)23(19(26)22-21)11-16-8-15(14(2)24)6-7-17(16)27-5/h6-8,13H,9-12H2,1-5H3,(H,22,26). The van der Waals surface area contributed by atoms with Gasteiger partial charge in [0.1, 0.15) is 11.3 Å². The second kappa shape index (κ2) is 6.66. The Labute approximate surface area is 160 Å². The maximum absolute atomic E-state index is 13.3. The number of nitrogens with zero attached hydrogens (tertiary/aromatic N) is 1. The van der Waals surface area contributed by atoms with Crippen molar-refractivity contribution < 1.29 is 19.1 Å². The van der Waals surface area contributed by atoms with Crippen molar-refractivity contribution >= 4 is 17.7 Å². The predicted molar refractivity (Wildman–Crippen MR) is 102 cm³/mol. The number of nitrogens with one attached hydrogen (secondary N) is 1. The van der Waals surface area contributed by atoms with Crippen molar-refractivity contribution in [3.63, 3.8) is 0 Å². The highest BCUT2D eigenvalue weighted by atomic mass is 16.5. The molecule has 6 heteroatoms. The number of imide groups is 1. The van der Waals surface area contributed by atoms with E-state index in [4.69, 9.17) is 4.74 Å². The second-order valence-corrected chi connectivity index (χ2v) is 8.84. The van der Waals surface area contributed by atoms with Gasteiger partial charge in [0, 0.05) is 11.1 Å². The third-order valence-electron chi connectivity index (χ3n) is 5.64. The molecule has 2 unspecified atom stereocenters. The summed E-state index contributed by atoms with van der Waals surface area (Å²) in [6.07, 6.45) is 2.32. The largest absolute Gasteiger partial charge is 0.496 e. The van der Waals surface area contributed by atoms with Crippen LogP contribution in [0.3, 0.4) is 0 Å². The van der Waals surface area contributed by atoms with E-state index in [0.29, 0.717) is 35.6 Å². The summed E-state index contributed by atoms with van der Waals surface area (Å²) in [6.45, 7) is 7.99. The van der Waals surface area contributed by atoms with Crippen LogP contribution in [0.4, 0.5) is 4.79 Å². The smallest absolute Gasteiger partial charge is 0.325 e. The van der Waals surface area contributed by atoms with Crippen LogP contribution >= 0.6 is 0 Å². The van der Waals surface area contributed by atoms with Gasteiger partial charge in [0.25, 0.3) is 5.91 Å². The molecule has 1 aliphatic carbocycles. The normalized spacial score (nSPS) is 27.0. The van der Waals surface area contributed by atoms with Crippen LogP contribution in [-0.2, 0) is 11.3 Å². The molecule has 146 valence electrons. The van der Waals surface area contributed by atoms with Gasteiger partial charge in [-0.2, -0.15) is 0 Å². The molecule has 1 N–H and O–H groups in total. The maximum Gasteiger partial charge on any atom is 0.325 e. The Bertz CT molecular complexity index is 801. The minimum absolute atomic E-state index is 0.0111. The number of carbonyl (C=O) groups is 3. The van der Waals surface area contributed by atoms with Crippen LogP contribution in [0.5, 0.6) is 5.75 Å². The van der Waals surface area contributed by atoms with Gasteiger partial charge in [0.2, 0.25) is 0 Å². The number of urea groups is 1. The van der Waals surface area contributed by atoms with E-state index < -0.39 is 5.54 Å². The number of amides is 3. The van der Waals surface area contributed by atoms with Crippen LogP contribution in [0.2, 0.25) is 0 Å². The van der Waals surface area contributed by atoms with Gasteiger partial charge in [-0.25, -0.2) is 4.79 Å². The van der Waals surface area contributed by atoms with Crippen molar-refractivity contribution in [1.82, 2.24) is 10.2 Å². The average molecular weight is 372 g/mol. The third-order valence-corrected chi connectivity index (χ3v) is 5.64. The Hall–Kier alpha value is -2.37. The number of hydrogen-bond donors (Lipinski definition) is 1. The van der Waals surface area contributed by atoms with Gasteiger partial charge in [0.15, 0.2) is 5.78 Å². The monoisotopic (exact) mass is 372 g/mol. The number of hydrogen-bond acceptors (Lipinski definition) is 4. The number of ketones is 1. The molecule has 1 heterocycles. The van der Waals surface area contributed by atoms with Crippen LogP contribution in [0.15, 0.2) is 18.2 Å². The summed E-state index contributed by atoms with van der Waals surface area (Å²) >= 11 is 0. The Balaban J connectivity index is 1.91. The van der Waals surface area contributed by atoms with Gasteiger partial charge in [-0.15, -0.1) is 0 Å². The summed E-state index contributed by atoms with van der Waals surface area (Å²) in [4.78, 5) is 38.9. The lowest BCUT2D eigenvalue weighted by atomic mass is 9.64. The summed E-state index contributed by atoms with van der Waals surface area (Å²) in [7, 11) is 1.53. The van der Waals surface area contributed by atoms with Gasteiger partial charge in [-0.1, -0.05) is 20.8 Å². The molecule has 1 aliphatic heterocycles. The molecule has 1 aromatic rings. The van der Waals surface area contributed by atoms with Crippen molar-refractivity contribution in [3.8, 4) is 5.75 Å². The fraction of sp³-hybridized carbons (Fsp3) is 0.571. The zero-order valence-electron chi connectivity index (χ0n) is 16.7. The van der Waals surface area contributed by atoms with E-state index in [0.717, 1.165) is 6.42 Å². The SMILES string of the molecule is COc1ccc(C(C)=O)cc1CN1C(=O)NC2(CC(C)CC(C)(C)C2)C1=O. The fourth-order valence-electron chi connectivity index (χ4n) is 4.94. The summed E-state index contributed by atoms with van der Waals surface area (Å²) in [5, 5.41) is 2.98. The molecule has 3 rings (SSSR count). The van der Waals surface area contributed by atoms with Gasteiger partial charge in [0.05, 0.1) is 13.7 Å². The Morgan fingerprint density at radius 1 is 1.30 bits per heavy atom. The van der Waals surface area contributed by atoms with Crippen molar-refractivity contribution in [2.45, 2.75) is 59.0 Å². The number of ether oxygens (including phenoxy) is 1. The molecule has 3 amide bonds. The van der Waals surface area contributed by atoms with E-state index in [-0.39, 0.29) is 29.7 Å². The lowest BCUT2D eigenvalue weighted by Gasteiger charge is -2.43. The van der Waals surface area contributed by atoms with E-state index in [1.165, 1.54) is 18.9 Å². The molecular formula is C21H28N2O4. The number of benzene rings is 1. The molecule has 0 bridgehead atoms. The maximum atomic E-state index is 13.3. The zero-order valence-corrected chi connectivity index (χ0v) is 16.7. The lowest BCUT2D eigenvalue weighted by molar-refractivity contribution is -0.135. The van der Waals surface area contributed by atoms with E-state index in [9.17, 15) is 14.4 Å². The summed E-state index contributed by atoms with van der Waals surface area (Å²) < 4.78 is 5.37. The highest BCUT2D eigenvalue weighted by Crippen LogP contribution is 2.46. The van der Waals surface area contributed by atoms with Crippen molar-refractivity contribution in [1.29, 1.82) is 0 Å². The molecule has 1 aromatic carbocycles. The number of rotatable bonds is 4. The first-order chi connectivity index (χ1) is 12.6. The lowest BCUT2D eigenvalue weighted by Crippen LogP contribution is -2.54. The van der Waals surface area contributed by atoms with Crippen LogP contribution in [0.1, 0.15) is 62.9 Å². The molecule has 1 spiro atoms. The molecule has 2 atom stereocenters. The quantitative estimate of drug-likeness (QED) is 0.648.